The van der Waals surface area contributed by atoms with Crippen LogP contribution in [0.2, 0.25) is 0 Å². The molecule has 3 aromatic rings. The van der Waals surface area contributed by atoms with Crippen molar-refractivity contribution in [3.63, 3.8) is 0 Å². The van der Waals surface area contributed by atoms with Crippen molar-refractivity contribution in [2.24, 2.45) is 4.99 Å². The minimum absolute atomic E-state index is 0.329. The number of aromatic nitrogens is 2. The Kier molecular flexibility index (Phi) is 6.51. The van der Waals surface area contributed by atoms with Crippen LogP contribution in [0.1, 0.15) is 16.7 Å². The van der Waals surface area contributed by atoms with Crippen molar-refractivity contribution in [3.05, 3.63) is 77.6 Å². The molecule has 0 fully saturated rings. The van der Waals surface area contributed by atoms with Gasteiger partial charge in [0.25, 0.3) is 0 Å². The molecule has 0 radical (unpaired) electrons. The zero-order valence-corrected chi connectivity index (χ0v) is 17.9. The number of hydrogen-bond acceptors (Lipinski definition) is 4. The number of imidazole rings is 1. The maximum atomic E-state index is 14.4. The molecule has 2 aromatic carbocycles. The first-order chi connectivity index (χ1) is 14.3. The number of rotatable bonds is 6. The third-order valence-corrected chi connectivity index (χ3v) is 5.83. The minimum Gasteiger partial charge on any atom is -0.352 e. The van der Waals surface area contributed by atoms with E-state index in [9.17, 15) is 12.8 Å². The smallest absolute Gasteiger partial charge is 0.191 e. The molecule has 30 heavy (non-hydrogen) atoms. The molecule has 3 rings (SSSR count). The van der Waals surface area contributed by atoms with Gasteiger partial charge in [-0.3, -0.25) is 4.99 Å². The summed E-state index contributed by atoms with van der Waals surface area (Å²) in [4.78, 5) is 8.43. The second-order valence-corrected chi connectivity index (χ2v) is 8.89. The lowest BCUT2D eigenvalue weighted by Gasteiger charge is -2.14. The highest BCUT2D eigenvalue weighted by Crippen LogP contribution is 2.17. The van der Waals surface area contributed by atoms with E-state index in [-0.39, 0.29) is 5.82 Å². The summed E-state index contributed by atoms with van der Waals surface area (Å²) in [5.41, 5.74) is 2.84. The van der Waals surface area contributed by atoms with Crippen molar-refractivity contribution in [1.82, 2.24) is 20.2 Å². The number of hydrogen-bond donors (Lipinski definition) is 2. The second-order valence-electron chi connectivity index (χ2n) is 6.91. The van der Waals surface area contributed by atoms with E-state index < -0.39 is 9.84 Å². The summed E-state index contributed by atoms with van der Waals surface area (Å²) in [6, 6.07) is 10.2. The lowest BCUT2D eigenvalue weighted by molar-refractivity contribution is 0.601. The summed E-state index contributed by atoms with van der Waals surface area (Å²) in [5.74, 6) is 0.218. The average Bonchev–Trinajstić information content (AvgIpc) is 3.21. The minimum atomic E-state index is -3.24. The quantitative estimate of drug-likeness (QED) is 0.465. The van der Waals surface area contributed by atoms with Gasteiger partial charge in [0.2, 0.25) is 0 Å². The SMILES string of the molecule is CN=C(NCc1ccc(S(C)(=O)=O)c(C)c1)NCc1ccc(-n2ccnc2)c(F)c1. The Balaban J connectivity index is 1.59. The summed E-state index contributed by atoms with van der Waals surface area (Å²) in [5, 5.41) is 6.32. The van der Waals surface area contributed by atoms with E-state index in [2.05, 4.69) is 20.6 Å². The molecule has 9 heteroatoms. The van der Waals surface area contributed by atoms with Crippen LogP contribution < -0.4 is 10.6 Å². The lowest BCUT2D eigenvalue weighted by atomic mass is 10.1. The molecule has 0 atom stereocenters. The average molecular weight is 430 g/mol. The monoisotopic (exact) mass is 429 g/mol. The Hall–Kier alpha value is -3.20. The third-order valence-electron chi connectivity index (χ3n) is 4.58. The Labute approximate surface area is 175 Å². The largest absolute Gasteiger partial charge is 0.352 e. The fourth-order valence-corrected chi connectivity index (χ4v) is 4.06. The maximum Gasteiger partial charge on any atom is 0.191 e. The normalized spacial score (nSPS) is 12.1. The molecule has 0 bridgehead atoms. The fourth-order valence-electron chi connectivity index (χ4n) is 3.10. The molecule has 2 N–H and O–H groups in total. The number of nitrogens with one attached hydrogen (secondary N) is 2. The van der Waals surface area contributed by atoms with Gasteiger partial charge in [0.1, 0.15) is 5.82 Å². The van der Waals surface area contributed by atoms with Crippen molar-refractivity contribution < 1.29 is 12.8 Å². The number of aryl methyl sites for hydroxylation is 1. The van der Waals surface area contributed by atoms with Gasteiger partial charge in [-0.05, 0) is 41.8 Å². The van der Waals surface area contributed by atoms with Gasteiger partial charge < -0.3 is 15.2 Å². The molecular weight excluding hydrogens is 405 g/mol. The highest BCUT2D eigenvalue weighted by molar-refractivity contribution is 7.90. The molecule has 0 spiro atoms. The van der Waals surface area contributed by atoms with E-state index in [1.54, 1.807) is 55.5 Å². The van der Waals surface area contributed by atoms with Gasteiger partial charge in [0.05, 0.1) is 16.9 Å². The Bertz CT molecular complexity index is 1160. The van der Waals surface area contributed by atoms with Crippen molar-refractivity contribution in [3.8, 4) is 5.69 Å². The van der Waals surface area contributed by atoms with Crippen LogP contribution in [0.5, 0.6) is 0 Å². The Morgan fingerprint density at radius 2 is 1.80 bits per heavy atom. The van der Waals surface area contributed by atoms with Gasteiger partial charge in [-0.2, -0.15) is 0 Å². The van der Waals surface area contributed by atoms with Gasteiger partial charge in [-0.15, -0.1) is 0 Å². The molecule has 0 saturated carbocycles. The van der Waals surface area contributed by atoms with E-state index in [0.717, 1.165) is 11.1 Å². The van der Waals surface area contributed by atoms with Crippen molar-refractivity contribution >= 4 is 15.8 Å². The summed E-state index contributed by atoms with van der Waals surface area (Å²) in [6.07, 6.45) is 6.03. The first-order valence-corrected chi connectivity index (χ1v) is 11.2. The standard InChI is InChI=1S/C21H24FN5O2S/c1-15-10-16(5-7-20(15)30(3,28)29)12-25-21(23-2)26-13-17-4-6-19(18(22)11-17)27-9-8-24-14-27/h4-11,14H,12-13H2,1-3H3,(H2,23,25,26). The van der Waals surface area contributed by atoms with Crippen LogP contribution in [0.4, 0.5) is 4.39 Å². The van der Waals surface area contributed by atoms with Gasteiger partial charge in [0, 0.05) is 38.8 Å². The van der Waals surface area contributed by atoms with Gasteiger partial charge in [0.15, 0.2) is 15.8 Å². The predicted octanol–water partition coefficient (Wildman–Crippen LogP) is 2.59. The number of aliphatic imine (C=N–C) groups is 1. The second kappa shape index (κ2) is 9.08. The zero-order chi connectivity index (χ0) is 21.7. The third kappa shape index (κ3) is 5.24. The zero-order valence-electron chi connectivity index (χ0n) is 17.1. The first-order valence-electron chi connectivity index (χ1n) is 9.29. The molecule has 1 heterocycles. The van der Waals surface area contributed by atoms with E-state index in [0.29, 0.717) is 35.2 Å². The lowest BCUT2D eigenvalue weighted by Crippen LogP contribution is -2.36. The van der Waals surface area contributed by atoms with Gasteiger partial charge >= 0.3 is 0 Å². The van der Waals surface area contributed by atoms with Crippen LogP contribution in [0.3, 0.4) is 0 Å². The molecule has 158 valence electrons. The van der Waals surface area contributed by atoms with Crippen molar-refractivity contribution in [2.75, 3.05) is 13.3 Å². The summed E-state index contributed by atoms with van der Waals surface area (Å²) >= 11 is 0. The molecule has 0 aliphatic carbocycles. The molecule has 0 amide bonds. The number of benzene rings is 2. The molecule has 1 aromatic heterocycles. The molecular formula is C21H24FN5O2S. The molecule has 0 aliphatic heterocycles. The molecule has 0 saturated heterocycles. The van der Waals surface area contributed by atoms with Crippen LogP contribution in [0.15, 0.2) is 65.0 Å². The van der Waals surface area contributed by atoms with Gasteiger partial charge in [-0.1, -0.05) is 18.2 Å². The van der Waals surface area contributed by atoms with Crippen LogP contribution in [-0.2, 0) is 22.9 Å². The fraction of sp³-hybridized carbons (Fsp3) is 0.238. The Morgan fingerprint density at radius 3 is 2.33 bits per heavy atom. The Morgan fingerprint density at radius 1 is 1.13 bits per heavy atom. The van der Waals surface area contributed by atoms with Gasteiger partial charge in [-0.25, -0.2) is 17.8 Å². The van der Waals surface area contributed by atoms with Crippen LogP contribution >= 0.6 is 0 Å². The van der Waals surface area contributed by atoms with Crippen molar-refractivity contribution in [1.29, 1.82) is 0 Å². The van der Waals surface area contributed by atoms with E-state index >= 15 is 0 Å². The van der Waals surface area contributed by atoms with Crippen LogP contribution in [0.25, 0.3) is 5.69 Å². The van der Waals surface area contributed by atoms with E-state index in [1.165, 1.54) is 12.3 Å². The predicted molar refractivity (Wildman–Crippen MR) is 115 cm³/mol. The topological polar surface area (TPSA) is 88.4 Å². The molecule has 0 unspecified atom stereocenters. The number of guanidine groups is 1. The molecule has 0 aliphatic rings. The maximum absolute atomic E-state index is 14.4. The van der Waals surface area contributed by atoms with Crippen LogP contribution in [-0.4, -0.2) is 37.2 Å². The van der Waals surface area contributed by atoms with Crippen LogP contribution in [0, 0.1) is 12.7 Å². The summed E-state index contributed by atoms with van der Waals surface area (Å²) in [7, 11) is -1.59. The van der Waals surface area contributed by atoms with E-state index in [4.69, 9.17) is 0 Å². The number of nitrogens with zero attached hydrogens (tertiary/aromatic N) is 3. The highest BCUT2D eigenvalue weighted by atomic mass is 32.2. The van der Waals surface area contributed by atoms with Crippen molar-refractivity contribution in [2.45, 2.75) is 24.9 Å². The number of halogens is 1. The summed E-state index contributed by atoms with van der Waals surface area (Å²) < 4.78 is 39.5. The highest BCUT2D eigenvalue weighted by Gasteiger charge is 2.11. The molecule has 7 nitrogen and oxygen atoms in total. The number of sulfone groups is 1. The summed E-state index contributed by atoms with van der Waals surface area (Å²) in [6.45, 7) is 2.64. The first kappa shape index (κ1) is 21.5. The van der Waals surface area contributed by atoms with E-state index in [1.807, 2.05) is 12.1 Å².